The molecule has 0 unspecified atom stereocenters. The molecule has 128 valence electrons. The zero-order chi connectivity index (χ0) is 17.9. The predicted molar refractivity (Wildman–Crippen MR) is 85.9 cm³/mol. The Morgan fingerprint density at radius 3 is 2.46 bits per heavy atom. The van der Waals surface area contributed by atoms with E-state index in [0.717, 1.165) is 5.39 Å². The number of alkyl halides is 3. The Balaban J connectivity index is 2.52. The van der Waals surface area contributed by atoms with Gasteiger partial charge in [-0.2, -0.15) is 13.2 Å². The largest absolute Gasteiger partial charge is 0.433 e. The third-order valence-corrected chi connectivity index (χ3v) is 3.32. The highest BCUT2D eigenvalue weighted by molar-refractivity contribution is 6.08. The van der Waals surface area contributed by atoms with Crippen LogP contribution in [0, 0.1) is 0 Å². The molecule has 0 aliphatic rings. The Labute approximate surface area is 137 Å². The van der Waals surface area contributed by atoms with Crippen molar-refractivity contribution in [3.63, 3.8) is 0 Å². The number of rotatable bonds is 5. The molecular weight excluding hydrogens is 321 g/mol. The number of amides is 1. The minimum atomic E-state index is -4.67. The standard InChI is InChI=1S/C17H17F3N2O2/c1-10(2)24-22-14(17(18,19)20)9-12-8-7-11-5-3-4-6-13(11)15(12)16(21)23/h3-8,10H,9H2,1-2H3,(H2,21,23). The summed E-state index contributed by atoms with van der Waals surface area (Å²) in [6.45, 7) is 3.14. The molecule has 4 nitrogen and oxygen atoms in total. The molecule has 0 atom stereocenters. The third-order valence-electron chi connectivity index (χ3n) is 3.32. The van der Waals surface area contributed by atoms with Gasteiger partial charge in [-0.05, 0) is 30.2 Å². The fourth-order valence-electron chi connectivity index (χ4n) is 2.29. The van der Waals surface area contributed by atoms with Crippen LogP contribution in [-0.2, 0) is 11.3 Å². The maximum atomic E-state index is 13.2. The normalized spacial score (nSPS) is 12.7. The average molecular weight is 338 g/mol. The summed E-state index contributed by atoms with van der Waals surface area (Å²) in [6, 6.07) is 9.97. The number of nitrogens with zero attached hydrogens (tertiary/aromatic N) is 1. The summed E-state index contributed by atoms with van der Waals surface area (Å²) in [5, 5.41) is 4.44. The van der Waals surface area contributed by atoms with Crippen molar-refractivity contribution in [1.29, 1.82) is 0 Å². The summed E-state index contributed by atoms with van der Waals surface area (Å²) >= 11 is 0. The Morgan fingerprint density at radius 2 is 1.88 bits per heavy atom. The van der Waals surface area contributed by atoms with Crippen LogP contribution >= 0.6 is 0 Å². The van der Waals surface area contributed by atoms with Gasteiger partial charge in [0.05, 0.1) is 5.56 Å². The lowest BCUT2D eigenvalue weighted by Gasteiger charge is -2.14. The Hall–Kier alpha value is -2.57. The maximum Gasteiger partial charge on any atom is 0.433 e. The summed E-state index contributed by atoms with van der Waals surface area (Å²) in [4.78, 5) is 16.5. The molecule has 0 radical (unpaired) electrons. The molecule has 2 aromatic carbocycles. The van der Waals surface area contributed by atoms with Gasteiger partial charge in [0, 0.05) is 6.42 Å². The zero-order valence-corrected chi connectivity index (χ0v) is 13.2. The van der Waals surface area contributed by atoms with E-state index < -0.39 is 30.3 Å². The molecule has 24 heavy (non-hydrogen) atoms. The average Bonchev–Trinajstić information content (AvgIpc) is 2.49. The van der Waals surface area contributed by atoms with E-state index >= 15 is 0 Å². The van der Waals surface area contributed by atoms with Crippen LogP contribution in [0.15, 0.2) is 41.6 Å². The lowest BCUT2D eigenvalue weighted by atomic mass is 9.95. The van der Waals surface area contributed by atoms with Crippen molar-refractivity contribution in [1.82, 2.24) is 0 Å². The van der Waals surface area contributed by atoms with Gasteiger partial charge in [0.25, 0.3) is 0 Å². The van der Waals surface area contributed by atoms with Crippen molar-refractivity contribution in [2.75, 3.05) is 0 Å². The number of nitrogens with two attached hydrogens (primary N) is 1. The van der Waals surface area contributed by atoms with Crippen molar-refractivity contribution in [2.45, 2.75) is 32.5 Å². The monoisotopic (exact) mass is 338 g/mol. The van der Waals surface area contributed by atoms with Crippen molar-refractivity contribution in [3.8, 4) is 0 Å². The minimum Gasteiger partial charge on any atom is -0.393 e. The Bertz CT molecular complexity index is 783. The van der Waals surface area contributed by atoms with Crippen LogP contribution in [0.4, 0.5) is 13.2 Å². The molecule has 0 saturated carbocycles. The van der Waals surface area contributed by atoms with E-state index in [1.807, 2.05) is 0 Å². The van der Waals surface area contributed by atoms with E-state index in [4.69, 9.17) is 10.6 Å². The van der Waals surface area contributed by atoms with E-state index in [1.54, 1.807) is 44.2 Å². The molecule has 0 aliphatic carbocycles. The second kappa shape index (κ2) is 6.90. The van der Waals surface area contributed by atoms with Gasteiger partial charge in [-0.25, -0.2) is 0 Å². The molecule has 0 fully saturated rings. The molecule has 0 aromatic heterocycles. The third kappa shape index (κ3) is 4.04. The number of hydrogen-bond acceptors (Lipinski definition) is 3. The van der Waals surface area contributed by atoms with E-state index in [2.05, 4.69) is 5.16 Å². The van der Waals surface area contributed by atoms with Crippen LogP contribution in [0.25, 0.3) is 10.8 Å². The first-order valence-corrected chi connectivity index (χ1v) is 7.30. The highest BCUT2D eigenvalue weighted by Crippen LogP contribution is 2.26. The van der Waals surface area contributed by atoms with Gasteiger partial charge < -0.3 is 10.6 Å². The van der Waals surface area contributed by atoms with Gasteiger partial charge in [0.15, 0.2) is 5.71 Å². The van der Waals surface area contributed by atoms with Crippen LogP contribution in [0.1, 0.15) is 29.8 Å². The molecule has 0 spiro atoms. The minimum absolute atomic E-state index is 0.0644. The first-order chi connectivity index (χ1) is 11.2. The number of fused-ring (bicyclic) bond motifs is 1. The van der Waals surface area contributed by atoms with E-state index in [1.165, 1.54) is 6.07 Å². The maximum absolute atomic E-state index is 13.2. The number of oxime groups is 1. The lowest BCUT2D eigenvalue weighted by Crippen LogP contribution is -2.27. The Kier molecular flexibility index (Phi) is 5.11. The quantitative estimate of drug-likeness (QED) is 0.665. The second-order valence-corrected chi connectivity index (χ2v) is 5.55. The van der Waals surface area contributed by atoms with Gasteiger partial charge in [-0.3, -0.25) is 4.79 Å². The fraction of sp³-hybridized carbons (Fsp3) is 0.294. The lowest BCUT2D eigenvalue weighted by molar-refractivity contribution is -0.0648. The van der Waals surface area contributed by atoms with Gasteiger partial charge in [-0.15, -0.1) is 0 Å². The van der Waals surface area contributed by atoms with E-state index in [0.29, 0.717) is 5.39 Å². The molecule has 0 aliphatic heterocycles. The Morgan fingerprint density at radius 1 is 1.21 bits per heavy atom. The van der Waals surface area contributed by atoms with Gasteiger partial charge in [-0.1, -0.05) is 41.6 Å². The summed E-state index contributed by atoms with van der Waals surface area (Å²) in [5.41, 5.74) is 4.50. The van der Waals surface area contributed by atoms with Crippen molar-refractivity contribution >= 4 is 22.4 Å². The predicted octanol–water partition coefficient (Wildman–Crippen LogP) is 3.82. The molecular formula is C17H17F3N2O2. The molecule has 2 rings (SSSR count). The molecule has 0 bridgehead atoms. The number of benzene rings is 2. The number of carbonyl (C=O) groups excluding carboxylic acids is 1. The van der Waals surface area contributed by atoms with Crippen LogP contribution in [0.2, 0.25) is 0 Å². The second-order valence-electron chi connectivity index (χ2n) is 5.55. The van der Waals surface area contributed by atoms with Crippen LogP contribution in [-0.4, -0.2) is 23.9 Å². The number of primary amides is 1. The van der Waals surface area contributed by atoms with Crippen molar-refractivity contribution in [2.24, 2.45) is 10.9 Å². The molecule has 2 aromatic rings. The number of hydrogen-bond donors (Lipinski definition) is 1. The molecule has 2 N–H and O–H groups in total. The van der Waals surface area contributed by atoms with Crippen molar-refractivity contribution < 1.29 is 22.8 Å². The summed E-state index contributed by atoms with van der Waals surface area (Å²) < 4.78 is 39.5. The zero-order valence-electron chi connectivity index (χ0n) is 13.2. The highest BCUT2D eigenvalue weighted by Gasteiger charge is 2.37. The van der Waals surface area contributed by atoms with E-state index in [-0.39, 0.29) is 11.1 Å². The fourth-order valence-corrected chi connectivity index (χ4v) is 2.29. The van der Waals surface area contributed by atoms with Crippen LogP contribution in [0.3, 0.4) is 0 Å². The first-order valence-electron chi connectivity index (χ1n) is 7.30. The summed E-state index contributed by atoms with van der Waals surface area (Å²) in [7, 11) is 0. The smallest absolute Gasteiger partial charge is 0.393 e. The molecule has 1 amide bonds. The van der Waals surface area contributed by atoms with Gasteiger partial charge in [0.1, 0.15) is 6.10 Å². The SMILES string of the molecule is CC(C)ON=C(Cc1ccc2ccccc2c1C(N)=O)C(F)(F)F. The van der Waals surface area contributed by atoms with Crippen LogP contribution < -0.4 is 5.73 Å². The summed E-state index contributed by atoms with van der Waals surface area (Å²) in [5.74, 6) is -0.784. The van der Waals surface area contributed by atoms with Gasteiger partial charge >= 0.3 is 6.18 Å². The van der Waals surface area contributed by atoms with Crippen LogP contribution in [0.5, 0.6) is 0 Å². The number of carbonyl (C=O) groups is 1. The van der Waals surface area contributed by atoms with Gasteiger partial charge in [0.2, 0.25) is 5.91 Å². The van der Waals surface area contributed by atoms with Crippen molar-refractivity contribution in [3.05, 3.63) is 47.5 Å². The topological polar surface area (TPSA) is 64.7 Å². The molecule has 0 heterocycles. The highest BCUT2D eigenvalue weighted by atomic mass is 19.4. The number of halogens is 3. The van der Waals surface area contributed by atoms with E-state index in [9.17, 15) is 18.0 Å². The molecule has 0 saturated heterocycles. The molecule has 7 heteroatoms. The first kappa shape index (κ1) is 17.8. The summed E-state index contributed by atoms with van der Waals surface area (Å²) in [6.07, 6.45) is -5.76.